The van der Waals surface area contributed by atoms with Crippen LogP contribution >= 0.6 is 0 Å². The van der Waals surface area contributed by atoms with Crippen molar-refractivity contribution < 1.29 is 14.1 Å². The lowest BCUT2D eigenvalue weighted by atomic mass is 10.1. The number of amides is 2. The van der Waals surface area contributed by atoms with Gasteiger partial charge in [0.15, 0.2) is 5.76 Å². The highest BCUT2D eigenvalue weighted by Gasteiger charge is 2.10. The fourth-order valence-corrected chi connectivity index (χ4v) is 2.21. The van der Waals surface area contributed by atoms with Gasteiger partial charge in [-0.1, -0.05) is 32.0 Å². The highest BCUT2D eigenvalue weighted by molar-refractivity contribution is 5.97. The Balaban J connectivity index is 1.93. The Morgan fingerprint density at radius 1 is 1.25 bits per heavy atom. The van der Waals surface area contributed by atoms with Crippen molar-refractivity contribution in [2.24, 2.45) is 5.92 Å². The van der Waals surface area contributed by atoms with Crippen LogP contribution in [-0.2, 0) is 17.8 Å². The summed E-state index contributed by atoms with van der Waals surface area (Å²) in [5.41, 5.74) is 1.97. The normalized spacial score (nSPS) is 10.7. The predicted molar refractivity (Wildman–Crippen MR) is 91.6 cm³/mol. The molecule has 1 heterocycles. The summed E-state index contributed by atoms with van der Waals surface area (Å²) in [5.74, 6) is 0.796. The van der Waals surface area contributed by atoms with E-state index in [0.717, 1.165) is 12.1 Å². The van der Waals surface area contributed by atoms with Crippen LogP contribution in [0.5, 0.6) is 0 Å². The summed E-state index contributed by atoms with van der Waals surface area (Å²) in [6.07, 6.45) is 1.23. The zero-order valence-corrected chi connectivity index (χ0v) is 14.3. The highest BCUT2D eigenvalue weighted by atomic mass is 16.5. The van der Waals surface area contributed by atoms with E-state index >= 15 is 0 Å². The van der Waals surface area contributed by atoms with Crippen LogP contribution in [0.3, 0.4) is 0 Å². The molecule has 6 nitrogen and oxygen atoms in total. The van der Waals surface area contributed by atoms with Crippen LogP contribution in [0, 0.1) is 5.92 Å². The molecule has 1 aromatic carbocycles. The monoisotopic (exact) mass is 329 g/mol. The van der Waals surface area contributed by atoms with Gasteiger partial charge >= 0.3 is 0 Å². The summed E-state index contributed by atoms with van der Waals surface area (Å²) in [4.78, 5) is 23.6. The molecule has 0 aliphatic carbocycles. The molecule has 0 spiro atoms. The van der Waals surface area contributed by atoms with Crippen molar-refractivity contribution in [2.75, 3.05) is 5.32 Å². The minimum Gasteiger partial charge on any atom is -0.359 e. The lowest BCUT2D eigenvalue weighted by Gasteiger charge is -2.07. The largest absolute Gasteiger partial charge is 0.359 e. The Bertz CT molecular complexity index is 707. The number of hydrogen-bond acceptors (Lipinski definition) is 4. The lowest BCUT2D eigenvalue weighted by molar-refractivity contribution is -0.115. The molecule has 0 aliphatic heterocycles. The van der Waals surface area contributed by atoms with E-state index < -0.39 is 0 Å². The summed E-state index contributed by atoms with van der Waals surface area (Å²) in [7, 11) is 0. The summed E-state index contributed by atoms with van der Waals surface area (Å²) in [6.45, 7) is 6.27. The standard InChI is InChI=1S/C18H23N3O3/c1-4-17(22)20-14-7-5-6-13(9-14)18(23)19-11-16-10-15(21-24-16)8-12(2)3/h5-7,9-10,12H,4,8,11H2,1-3H3,(H,19,23)(H,20,22). The Morgan fingerprint density at radius 3 is 2.75 bits per heavy atom. The molecule has 0 saturated carbocycles. The van der Waals surface area contributed by atoms with Gasteiger partial charge in [-0.15, -0.1) is 0 Å². The van der Waals surface area contributed by atoms with Crippen LogP contribution in [0.15, 0.2) is 34.9 Å². The minimum atomic E-state index is -0.232. The number of rotatable bonds is 7. The maximum absolute atomic E-state index is 12.2. The average molecular weight is 329 g/mol. The molecule has 2 aromatic rings. The number of hydrogen-bond donors (Lipinski definition) is 2. The van der Waals surface area contributed by atoms with Gasteiger partial charge < -0.3 is 15.2 Å². The maximum Gasteiger partial charge on any atom is 0.251 e. The second kappa shape index (κ2) is 8.29. The second-order valence-electron chi connectivity index (χ2n) is 6.05. The van der Waals surface area contributed by atoms with E-state index in [1.54, 1.807) is 31.2 Å². The molecule has 24 heavy (non-hydrogen) atoms. The van der Waals surface area contributed by atoms with Gasteiger partial charge in [0, 0.05) is 23.7 Å². The highest BCUT2D eigenvalue weighted by Crippen LogP contribution is 2.12. The minimum absolute atomic E-state index is 0.0908. The average Bonchev–Trinajstić information content (AvgIpc) is 2.99. The Hall–Kier alpha value is -2.63. The molecule has 0 atom stereocenters. The van der Waals surface area contributed by atoms with E-state index in [1.165, 1.54) is 0 Å². The maximum atomic E-state index is 12.2. The first-order valence-corrected chi connectivity index (χ1v) is 8.10. The SMILES string of the molecule is CCC(=O)Nc1cccc(C(=O)NCc2cc(CC(C)C)no2)c1. The van der Waals surface area contributed by atoms with Crippen molar-refractivity contribution in [2.45, 2.75) is 40.2 Å². The molecule has 2 amide bonds. The summed E-state index contributed by atoms with van der Waals surface area (Å²) < 4.78 is 5.22. The predicted octanol–water partition coefficient (Wildman–Crippen LogP) is 3.15. The number of benzene rings is 1. The first-order chi connectivity index (χ1) is 11.5. The zero-order chi connectivity index (χ0) is 17.5. The van der Waals surface area contributed by atoms with Gasteiger partial charge in [-0.2, -0.15) is 0 Å². The lowest BCUT2D eigenvalue weighted by Crippen LogP contribution is -2.22. The third-order valence-corrected chi connectivity index (χ3v) is 3.38. The molecule has 0 unspecified atom stereocenters. The first-order valence-electron chi connectivity index (χ1n) is 8.10. The molecular weight excluding hydrogens is 306 g/mol. The van der Waals surface area contributed by atoms with Crippen molar-refractivity contribution in [3.8, 4) is 0 Å². The van der Waals surface area contributed by atoms with Gasteiger partial charge in [0.05, 0.1) is 12.2 Å². The number of nitrogens with zero attached hydrogens (tertiary/aromatic N) is 1. The summed E-state index contributed by atoms with van der Waals surface area (Å²) >= 11 is 0. The van der Waals surface area contributed by atoms with Gasteiger partial charge in [0.1, 0.15) is 0 Å². The van der Waals surface area contributed by atoms with E-state index in [2.05, 4.69) is 29.6 Å². The van der Waals surface area contributed by atoms with Gasteiger partial charge in [0.2, 0.25) is 5.91 Å². The van der Waals surface area contributed by atoms with Crippen LogP contribution in [0.1, 0.15) is 49.0 Å². The number of nitrogens with one attached hydrogen (secondary N) is 2. The van der Waals surface area contributed by atoms with E-state index in [-0.39, 0.29) is 18.4 Å². The van der Waals surface area contributed by atoms with Crippen LogP contribution < -0.4 is 10.6 Å². The molecule has 128 valence electrons. The van der Waals surface area contributed by atoms with Gasteiger partial charge in [-0.3, -0.25) is 9.59 Å². The quantitative estimate of drug-likeness (QED) is 0.817. The molecule has 0 aliphatic rings. The van der Waals surface area contributed by atoms with Crippen molar-refractivity contribution in [3.05, 3.63) is 47.3 Å². The summed E-state index contributed by atoms with van der Waals surface area (Å²) in [6, 6.07) is 8.68. The van der Waals surface area contributed by atoms with Crippen molar-refractivity contribution in [3.63, 3.8) is 0 Å². The number of anilines is 1. The Morgan fingerprint density at radius 2 is 2.04 bits per heavy atom. The molecule has 6 heteroatoms. The van der Waals surface area contributed by atoms with E-state index in [1.807, 2.05) is 6.07 Å². The second-order valence-corrected chi connectivity index (χ2v) is 6.05. The van der Waals surface area contributed by atoms with Gasteiger partial charge in [-0.25, -0.2) is 0 Å². The fourth-order valence-electron chi connectivity index (χ4n) is 2.21. The van der Waals surface area contributed by atoms with Crippen LogP contribution in [-0.4, -0.2) is 17.0 Å². The van der Waals surface area contributed by atoms with E-state index in [0.29, 0.717) is 29.3 Å². The molecule has 0 radical (unpaired) electrons. The molecule has 2 N–H and O–H groups in total. The number of aromatic nitrogens is 1. The number of carbonyl (C=O) groups is 2. The van der Waals surface area contributed by atoms with Gasteiger partial charge in [-0.05, 0) is 30.5 Å². The van der Waals surface area contributed by atoms with Crippen LogP contribution in [0.25, 0.3) is 0 Å². The zero-order valence-electron chi connectivity index (χ0n) is 14.3. The van der Waals surface area contributed by atoms with E-state index in [9.17, 15) is 9.59 Å². The molecule has 1 aromatic heterocycles. The van der Waals surface area contributed by atoms with Crippen molar-refractivity contribution in [1.29, 1.82) is 0 Å². The molecule has 0 saturated heterocycles. The fraction of sp³-hybridized carbons (Fsp3) is 0.389. The third kappa shape index (κ3) is 5.22. The molecule has 2 rings (SSSR count). The topological polar surface area (TPSA) is 84.2 Å². The van der Waals surface area contributed by atoms with Crippen LogP contribution in [0.2, 0.25) is 0 Å². The summed E-state index contributed by atoms with van der Waals surface area (Å²) in [5, 5.41) is 9.52. The van der Waals surface area contributed by atoms with Crippen molar-refractivity contribution >= 4 is 17.5 Å². The smallest absolute Gasteiger partial charge is 0.251 e. The first kappa shape index (κ1) is 17.7. The molecular formula is C18H23N3O3. The molecule has 0 fully saturated rings. The Labute approximate surface area is 141 Å². The van der Waals surface area contributed by atoms with Crippen molar-refractivity contribution in [1.82, 2.24) is 10.5 Å². The number of carbonyl (C=O) groups excluding carboxylic acids is 2. The third-order valence-electron chi connectivity index (χ3n) is 3.38. The van der Waals surface area contributed by atoms with E-state index in [4.69, 9.17) is 4.52 Å². The van der Waals surface area contributed by atoms with Gasteiger partial charge in [0.25, 0.3) is 5.91 Å². The van der Waals surface area contributed by atoms with Crippen LogP contribution in [0.4, 0.5) is 5.69 Å². The molecule has 0 bridgehead atoms. The Kier molecular flexibility index (Phi) is 6.12.